The van der Waals surface area contributed by atoms with Gasteiger partial charge in [-0.15, -0.1) is 12.4 Å². The Morgan fingerprint density at radius 1 is 1.43 bits per heavy atom. The Morgan fingerprint density at radius 3 is 2.57 bits per heavy atom. The summed E-state index contributed by atoms with van der Waals surface area (Å²) >= 11 is 0. The van der Waals surface area contributed by atoms with Crippen molar-refractivity contribution >= 4 is 12.4 Å². The fourth-order valence-electron chi connectivity index (χ4n) is 1.54. The predicted molar refractivity (Wildman–Crippen MR) is 58.0 cm³/mol. The number of rotatable bonds is 2. The van der Waals surface area contributed by atoms with Crippen LogP contribution in [0.4, 0.5) is 4.39 Å². The third-order valence-corrected chi connectivity index (χ3v) is 2.71. The molecule has 1 atom stereocenters. The van der Waals surface area contributed by atoms with Crippen molar-refractivity contribution in [1.29, 1.82) is 0 Å². The molecule has 1 aliphatic carbocycles. The number of nitrogens with two attached hydrogens (primary N) is 1. The number of aryl methyl sites for hydroxylation is 1. The highest BCUT2D eigenvalue weighted by Gasteiger charge is 2.29. The van der Waals surface area contributed by atoms with E-state index < -0.39 is 0 Å². The fourth-order valence-corrected chi connectivity index (χ4v) is 1.54. The minimum absolute atomic E-state index is 0. The zero-order valence-electron chi connectivity index (χ0n) is 8.16. The van der Waals surface area contributed by atoms with Crippen LogP contribution in [0.1, 0.15) is 30.0 Å². The maximum Gasteiger partial charge on any atom is 0.126 e. The molecule has 0 unspecified atom stereocenters. The van der Waals surface area contributed by atoms with Crippen molar-refractivity contribution in [1.82, 2.24) is 0 Å². The van der Waals surface area contributed by atoms with Crippen LogP contribution in [0.15, 0.2) is 18.2 Å². The van der Waals surface area contributed by atoms with Gasteiger partial charge >= 0.3 is 0 Å². The van der Waals surface area contributed by atoms with Gasteiger partial charge < -0.3 is 5.73 Å². The largest absolute Gasteiger partial charge is 0.324 e. The number of benzene rings is 1. The van der Waals surface area contributed by atoms with Crippen LogP contribution in [0.5, 0.6) is 0 Å². The quantitative estimate of drug-likeness (QED) is 0.807. The normalized spacial score (nSPS) is 17.4. The van der Waals surface area contributed by atoms with Gasteiger partial charge in [-0.2, -0.15) is 0 Å². The lowest BCUT2D eigenvalue weighted by atomic mass is 10.0. The zero-order chi connectivity index (χ0) is 9.42. The molecule has 0 saturated heterocycles. The fraction of sp³-hybridized carbons (Fsp3) is 0.455. The second kappa shape index (κ2) is 4.28. The van der Waals surface area contributed by atoms with Crippen molar-refractivity contribution in [3.05, 3.63) is 35.1 Å². The Bertz CT molecular complexity index is 323. The summed E-state index contributed by atoms with van der Waals surface area (Å²) in [7, 11) is 0. The van der Waals surface area contributed by atoms with Crippen LogP contribution in [0.3, 0.4) is 0 Å². The van der Waals surface area contributed by atoms with Gasteiger partial charge in [0.15, 0.2) is 0 Å². The van der Waals surface area contributed by atoms with Crippen molar-refractivity contribution in [2.24, 2.45) is 11.7 Å². The van der Waals surface area contributed by atoms with E-state index in [2.05, 4.69) is 0 Å². The average Bonchev–Trinajstić information content (AvgIpc) is 2.91. The molecule has 0 bridgehead atoms. The van der Waals surface area contributed by atoms with Gasteiger partial charge in [0.25, 0.3) is 0 Å². The highest BCUT2D eigenvalue weighted by atomic mass is 35.5. The van der Waals surface area contributed by atoms with Gasteiger partial charge in [0.1, 0.15) is 5.82 Å². The van der Waals surface area contributed by atoms with Gasteiger partial charge in [-0.05, 0) is 42.9 Å². The third-order valence-electron chi connectivity index (χ3n) is 2.71. The van der Waals surface area contributed by atoms with E-state index in [1.165, 1.54) is 12.8 Å². The maximum absolute atomic E-state index is 13.2. The second-order valence-corrected chi connectivity index (χ2v) is 3.87. The molecule has 0 aromatic heterocycles. The summed E-state index contributed by atoms with van der Waals surface area (Å²) in [6.07, 6.45) is 2.38. The number of halogens is 2. The smallest absolute Gasteiger partial charge is 0.126 e. The number of hydrogen-bond donors (Lipinski definition) is 1. The van der Waals surface area contributed by atoms with Crippen LogP contribution >= 0.6 is 12.4 Å². The van der Waals surface area contributed by atoms with E-state index in [9.17, 15) is 4.39 Å². The van der Waals surface area contributed by atoms with Crippen molar-refractivity contribution < 1.29 is 4.39 Å². The Labute approximate surface area is 89.9 Å². The molecule has 78 valence electrons. The molecule has 0 heterocycles. The first-order valence-corrected chi connectivity index (χ1v) is 4.70. The SMILES string of the molecule is Cc1ccc([C@@H](N)C2CC2)cc1F.Cl. The lowest BCUT2D eigenvalue weighted by Crippen LogP contribution is -2.12. The molecule has 3 heteroatoms. The van der Waals surface area contributed by atoms with Crippen LogP contribution in [0, 0.1) is 18.7 Å². The molecule has 0 aliphatic heterocycles. The van der Waals surface area contributed by atoms with Gasteiger partial charge in [-0.3, -0.25) is 0 Å². The van der Waals surface area contributed by atoms with E-state index in [4.69, 9.17) is 5.73 Å². The summed E-state index contributed by atoms with van der Waals surface area (Å²) in [6.45, 7) is 1.77. The Morgan fingerprint density at radius 2 is 2.07 bits per heavy atom. The first-order chi connectivity index (χ1) is 6.18. The summed E-state index contributed by atoms with van der Waals surface area (Å²) in [4.78, 5) is 0. The van der Waals surface area contributed by atoms with Crippen molar-refractivity contribution in [3.63, 3.8) is 0 Å². The van der Waals surface area contributed by atoms with Crippen LogP contribution in [0.25, 0.3) is 0 Å². The average molecular weight is 216 g/mol. The topological polar surface area (TPSA) is 26.0 Å². The lowest BCUT2D eigenvalue weighted by molar-refractivity contribution is 0.595. The Balaban J connectivity index is 0.000000980. The maximum atomic E-state index is 13.2. The first kappa shape index (κ1) is 11.5. The predicted octanol–water partition coefficient (Wildman–Crippen LogP) is 2.97. The molecule has 1 aromatic carbocycles. The summed E-state index contributed by atoms with van der Waals surface area (Å²) in [6, 6.07) is 5.34. The van der Waals surface area contributed by atoms with E-state index >= 15 is 0 Å². The molecule has 1 saturated carbocycles. The molecule has 0 spiro atoms. The van der Waals surface area contributed by atoms with Crippen molar-refractivity contribution in [2.45, 2.75) is 25.8 Å². The highest BCUT2D eigenvalue weighted by molar-refractivity contribution is 5.85. The molecule has 2 rings (SSSR count). The lowest BCUT2D eigenvalue weighted by Gasteiger charge is -2.10. The minimum Gasteiger partial charge on any atom is -0.324 e. The van der Waals surface area contributed by atoms with E-state index in [0.717, 1.165) is 5.56 Å². The molecule has 14 heavy (non-hydrogen) atoms. The molecule has 1 aliphatic rings. The molecule has 2 N–H and O–H groups in total. The minimum atomic E-state index is -0.145. The molecule has 0 radical (unpaired) electrons. The molecule has 1 aromatic rings. The van der Waals surface area contributed by atoms with Crippen LogP contribution < -0.4 is 5.73 Å². The second-order valence-electron chi connectivity index (χ2n) is 3.87. The van der Waals surface area contributed by atoms with Crippen molar-refractivity contribution in [2.75, 3.05) is 0 Å². The molecular weight excluding hydrogens is 201 g/mol. The molecule has 1 fully saturated rings. The molecule has 0 amide bonds. The van der Waals surface area contributed by atoms with Crippen LogP contribution in [-0.4, -0.2) is 0 Å². The highest BCUT2D eigenvalue weighted by Crippen LogP contribution is 2.39. The summed E-state index contributed by atoms with van der Waals surface area (Å²) < 4.78 is 13.2. The standard InChI is InChI=1S/C11H14FN.ClH/c1-7-2-3-9(6-10(7)12)11(13)8-4-5-8;/h2-3,6,8,11H,4-5,13H2,1H3;1H/t11-;/m0./s1. The first-order valence-electron chi connectivity index (χ1n) is 4.70. The van der Waals surface area contributed by atoms with Gasteiger partial charge in [-0.1, -0.05) is 12.1 Å². The van der Waals surface area contributed by atoms with E-state index in [1.54, 1.807) is 19.1 Å². The van der Waals surface area contributed by atoms with Gasteiger partial charge in [-0.25, -0.2) is 4.39 Å². The summed E-state index contributed by atoms with van der Waals surface area (Å²) in [5.41, 5.74) is 7.58. The van der Waals surface area contributed by atoms with Gasteiger partial charge in [0, 0.05) is 6.04 Å². The molecule has 1 nitrogen and oxygen atoms in total. The molecular formula is C11H15ClFN. The van der Waals surface area contributed by atoms with Crippen molar-refractivity contribution in [3.8, 4) is 0 Å². The Hall–Kier alpha value is -0.600. The Kier molecular flexibility index (Phi) is 3.51. The van der Waals surface area contributed by atoms with E-state index in [-0.39, 0.29) is 24.3 Å². The third kappa shape index (κ3) is 2.25. The van der Waals surface area contributed by atoms with E-state index in [0.29, 0.717) is 11.5 Å². The van der Waals surface area contributed by atoms with Crippen LogP contribution in [-0.2, 0) is 0 Å². The number of hydrogen-bond acceptors (Lipinski definition) is 1. The summed E-state index contributed by atoms with van der Waals surface area (Å²) in [5, 5.41) is 0. The summed E-state index contributed by atoms with van der Waals surface area (Å²) in [5.74, 6) is 0.440. The van der Waals surface area contributed by atoms with E-state index in [1.807, 2.05) is 6.07 Å². The zero-order valence-corrected chi connectivity index (χ0v) is 8.98. The van der Waals surface area contributed by atoms with Gasteiger partial charge in [0.2, 0.25) is 0 Å². The van der Waals surface area contributed by atoms with Crippen LogP contribution in [0.2, 0.25) is 0 Å². The monoisotopic (exact) mass is 215 g/mol. The van der Waals surface area contributed by atoms with Gasteiger partial charge in [0.05, 0.1) is 0 Å².